The second kappa shape index (κ2) is 16.5. The van der Waals surface area contributed by atoms with Crippen molar-refractivity contribution in [2.24, 2.45) is 11.8 Å². The monoisotopic (exact) mass is 778 g/mol. The predicted octanol–water partition coefficient (Wildman–Crippen LogP) is 4.98. The summed E-state index contributed by atoms with van der Waals surface area (Å²) in [7, 11) is 0. The first-order chi connectivity index (χ1) is 27.2. The van der Waals surface area contributed by atoms with Gasteiger partial charge in [-0.1, -0.05) is 11.6 Å². The lowest BCUT2D eigenvalue weighted by atomic mass is 9.86. The predicted molar refractivity (Wildman–Crippen MR) is 211 cm³/mol. The normalized spacial score (nSPS) is 23.4. The molecule has 4 amide bonds. The van der Waals surface area contributed by atoms with Gasteiger partial charge in [0.25, 0.3) is 5.91 Å². The molecule has 0 spiro atoms. The van der Waals surface area contributed by atoms with Crippen molar-refractivity contribution in [2.45, 2.75) is 70.1 Å². The number of carbonyl (C=O) groups is 4. The Balaban J connectivity index is 0.742. The Bertz CT molecular complexity index is 2010. The van der Waals surface area contributed by atoms with Gasteiger partial charge in [-0.05, 0) is 98.9 Å². The number of pyridine rings is 1. The maximum atomic E-state index is 13.1. The van der Waals surface area contributed by atoms with E-state index in [0.717, 1.165) is 101 Å². The number of nitrogens with zero attached hydrogens (tertiary/aromatic N) is 6. The van der Waals surface area contributed by atoms with Crippen LogP contribution in [0.25, 0.3) is 0 Å². The highest BCUT2D eigenvalue weighted by molar-refractivity contribution is 6.31. The number of nitriles is 1. The third-order valence-corrected chi connectivity index (χ3v) is 12.5. The molecule has 3 saturated heterocycles. The highest BCUT2D eigenvalue weighted by Gasteiger charge is 2.39. The Morgan fingerprint density at radius 1 is 0.893 bits per heavy atom. The molecular weight excluding hydrogens is 732 g/mol. The summed E-state index contributed by atoms with van der Waals surface area (Å²) in [5.41, 5.74) is 4.19. The molecule has 5 heterocycles. The minimum absolute atomic E-state index is 0.00565. The highest BCUT2D eigenvalue weighted by Crippen LogP contribution is 2.33. The molecule has 4 fully saturated rings. The number of fused-ring (bicyclic) bond motifs is 1. The van der Waals surface area contributed by atoms with Crippen LogP contribution in [0.1, 0.15) is 72.9 Å². The van der Waals surface area contributed by atoms with E-state index in [9.17, 15) is 19.2 Å². The molecule has 13 nitrogen and oxygen atoms in total. The average molecular weight is 779 g/mol. The first-order valence-corrected chi connectivity index (χ1v) is 20.2. The van der Waals surface area contributed by atoms with Gasteiger partial charge in [-0.2, -0.15) is 5.26 Å². The number of imide groups is 1. The fourth-order valence-corrected chi connectivity index (χ4v) is 9.07. The highest BCUT2D eigenvalue weighted by atomic mass is 35.5. The topological polar surface area (TPSA) is 151 Å². The van der Waals surface area contributed by atoms with Crippen LogP contribution in [0, 0.1) is 23.2 Å². The molecule has 2 N–H and O–H groups in total. The maximum absolute atomic E-state index is 13.1. The maximum Gasteiger partial charge on any atom is 0.255 e. The number of carbonyl (C=O) groups excluding carboxylic acids is 4. The number of piperidine rings is 2. The number of anilines is 3. The summed E-state index contributed by atoms with van der Waals surface area (Å²) >= 11 is 6.15. The molecule has 1 aromatic heterocycles. The van der Waals surface area contributed by atoms with Crippen molar-refractivity contribution >= 4 is 52.4 Å². The van der Waals surface area contributed by atoms with Crippen LogP contribution in [0.2, 0.25) is 5.02 Å². The third-order valence-electron chi connectivity index (χ3n) is 12.1. The second-order valence-electron chi connectivity index (χ2n) is 15.7. The molecule has 8 rings (SSSR count). The lowest BCUT2D eigenvalue weighted by Crippen LogP contribution is -2.52. The minimum atomic E-state index is -0.600. The number of rotatable bonds is 9. The van der Waals surface area contributed by atoms with E-state index in [-0.39, 0.29) is 42.1 Å². The average Bonchev–Trinajstić information content (AvgIpc) is 3.54. The molecule has 1 unspecified atom stereocenters. The van der Waals surface area contributed by atoms with Crippen LogP contribution in [-0.4, -0.2) is 96.4 Å². The molecule has 2 aromatic carbocycles. The fourth-order valence-electron chi connectivity index (χ4n) is 8.86. The fraction of sp³-hybridized carbons (Fsp3) is 0.476. The zero-order valence-electron chi connectivity index (χ0n) is 31.4. The van der Waals surface area contributed by atoms with Gasteiger partial charge in [-0.3, -0.25) is 29.4 Å². The summed E-state index contributed by atoms with van der Waals surface area (Å²) in [6, 6.07) is 16.5. The van der Waals surface area contributed by atoms with Gasteiger partial charge in [-0.25, -0.2) is 4.98 Å². The molecule has 5 aliphatic rings. The zero-order chi connectivity index (χ0) is 38.8. The van der Waals surface area contributed by atoms with Crippen molar-refractivity contribution in [1.82, 2.24) is 20.1 Å². The number of piperazine rings is 1. The Morgan fingerprint density at radius 3 is 2.34 bits per heavy atom. The number of hydrogen-bond donors (Lipinski definition) is 2. The molecule has 1 aliphatic carbocycles. The molecule has 56 heavy (non-hydrogen) atoms. The van der Waals surface area contributed by atoms with Crippen LogP contribution in [0.15, 0.2) is 54.7 Å². The zero-order valence-corrected chi connectivity index (χ0v) is 32.2. The van der Waals surface area contributed by atoms with Crippen molar-refractivity contribution in [2.75, 3.05) is 60.9 Å². The van der Waals surface area contributed by atoms with Gasteiger partial charge in [0.15, 0.2) is 0 Å². The van der Waals surface area contributed by atoms with E-state index >= 15 is 0 Å². The summed E-state index contributed by atoms with van der Waals surface area (Å²) in [6.45, 7) is 7.23. The first-order valence-electron chi connectivity index (χ1n) is 19.8. The number of hydrogen-bond acceptors (Lipinski definition) is 10. The number of nitrogens with one attached hydrogen (secondary N) is 2. The molecule has 4 aliphatic heterocycles. The minimum Gasteiger partial charge on any atom is -0.490 e. The van der Waals surface area contributed by atoms with Gasteiger partial charge < -0.3 is 24.8 Å². The van der Waals surface area contributed by atoms with E-state index in [4.69, 9.17) is 21.6 Å². The van der Waals surface area contributed by atoms with Crippen LogP contribution < -0.4 is 25.2 Å². The largest absolute Gasteiger partial charge is 0.490 e. The lowest BCUT2D eigenvalue weighted by molar-refractivity contribution is -0.137. The SMILES string of the molecule is N#Cc1ccc(O[C@H]2CC[C@H](C(=O)Nc3ccc(N4CCC(CN5CCN(c6ccc7c(c6)CN(C6CCC(=O)NC6=O)C7=O)CC5)CC4)cn3)CC2)cc1Cl. The van der Waals surface area contributed by atoms with Crippen molar-refractivity contribution in [3.63, 3.8) is 0 Å². The molecule has 3 aromatic rings. The van der Waals surface area contributed by atoms with Crippen LogP contribution in [-0.2, 0) is 20.9 Å². The van der Waals surface area contributed by atoms with Gasteiger partial charge in [0.05, 0.1) is 28.6 Å². The molecule has 14 heteroatoms. The molecule has 1 atom stereocenters. The number of ether oxygens (including phenoxy) is 1. The van der Waals surface area contributed by atoms with Crippen molar-refractivity contribution in [3.8, 4) is 11.8 Å². The van der Waals surface area contributed by atoms with Gasteiger partial charge in [0, 0.05) is 82.0 Å². The molecule has 0 bridgehead atoms. The van der Waals surface area contributed by atoms with Gasteiger partial charge in [-0.15, -0.1) is 0 Å². The summed E-state index contributed by atoms with van der Waals surface area (Å²) in [6.07, 6.45) is 7.72. The van der Waals surface area contributed by atoms with E-state index in [1.165, 1.54) is 0 Å². The Kier molecular flexibility index (Phi) is 11.1. The Hall–Kier alpha value is -5.19. The van der Waals surface area contributed by atoms with Gasteiger partial charge in [0.1, 0.15) is 23.7 Å². The number of aromatic nitrogens is 1. The summed E-state index contributed by atoms with van der Waals surface area (Å²) in [4.78, 5) is 63.8. The number of amides is 4. The quantitative estimate of drug-likeness (QED) is 0.285. The Morgan fingerprint density at radius 2 is 1.64 bits per heavy atom. The van der Waals surface area contributed by atoms with Gasteiger partial charge >= 0.3 is 0 Å². The molecule has 1 saturated carbocycles. The van der Waals surface area contributed by atoms with E-state index < -0.39 is 6.04 Å². The van der Waals surface area contributed by atoms with E-state index in [1.807, 2.05) is 24.4 Å². The standard InChI is InChI=1S/C42H47ClN8O5/c43-36-22-34(8-3-29(36)23-44)56-33-6-1-28(2-7-33)40(53)46-38-11-5-32(24-45-38)49-15-13-27(14-16-49)25-48-17-19-50(20-18-48)31-4-9-35-30(21-31)26-51(42(35)55)37-10-12-39(52)47-41(37)54/h3-5,8-9,11,21-22,24,27-28,33,37H,1-2,6-7,10,12-20,25-26H2,(H,45,46,53)(H,47,52,54)/t28-,33-,37?. The number of benzene rings is 2. The third kappa shape index (κ3) is 8.32. The van der Waals surface area contributed by atoms with E-state index in [0.29, 0.717) is 46.6 Å². The molecule has 292 valence electrons. The molecule has 0 radical (unpaired) electrons. The van der Waals surface area contributed by atoms with Crippen molar-refractivity contribution in [1.29, 1.82) is 5.26 Å². The first kappa shape index (κ1) is 37.7. The van der Waals surface area contributed by atoms with Crippen LogP contribution in [0.5, 0.6) is 5.75 Å². The van der Waals surface area contributed by atoms with Crippen LogP contribution in [0.3, 0.4) is 0 Å². The van der Waals surface area contributed by atoms with E-state index in [2.05, 4.69) is 48.5 Å². The Labute approximate surface area is 331 Å². The van der Waals surface area contributed by atoms with Gasteiger partial charge in [0.2, 0.25) is 17.7 Å². The summed E-state index contributed by atoms with van der Waals surface area (Å²) in [5.74, 6) is 0.950. The van der Waals surface area contributed by atoms with E-state index in [1.54, 1.807) is 23.1 Å². The second-order valence-corrected chi connectivity index (χ2v) is 16.1. The molecular formula is C42H47ClN8O5. The lowest BCUT2D eigenvalue weighted by Gasteiger charge is -2.40. The smallest absolute Gasteiger partial charge is 0.255 e. The van der Waals surface area contributed by atoms with Crippen LogP contribution >= 0.6 is 11.6 Å². The number of halogens is 1. The summed E-state index contributed by atoms with van der Waals surface area (Å²) in [5, 5.41) is 14.9. The summed E-state index contributed by atoms with van der Waals surface area (Å²) < 4.78 is 6.08. The van der Waals surface area contributed by atoms with Crippen molar-refractivity contribution in [3.05, 3.63) is 76.4 Å². The van der Waals surface area contributed by atoms with Crippen molar-refractivity contribution < 1.29 is 23.9 Å². The van der Waals surface area contributed by atoms with Crippen LogP contribution in [0.4, 0.5) is 17.2 Å².